The van der Waals surface area contributed by atoms with E-state index in [4.69, 9.17) is 4.74 Å². The number of ether oxygens (including phenoxy) is 1. The molecule has 0 aliphatic heterocycles. The van der Waals surface area contributed by atoms with Gasteiger partial charge in [0, 0.05) is 23.1 Å². The number of pyridine rings is 1. The van der Waals surface area contributed by atoms with Crippen LogP contribution < -0.4 is 10.1 Å². The summed E-state index contributed by atoms with van der Waals surface area (Å²) in [6, 6.07) is 17.3. The van der Waals surface area contributed by atoms with Crippen molar-refractivity contribution in [2.45, 2.75) is 11.4 Å². The Labute approximate surface area is 197 Å². The Bertz CT molecular complexity index is 1250. The summed E-state index contributed by atoms with van der Waals surface area (Å²) < 4.78 is 5.19. The third-order valence-electron chi connectivity index (χ3n) is 4.46. The Balaban J connectivity index is 1.36. The molecule has 1 N–H and O–H groups in total. The van der Waals surface area contributed by atoms with Gasteiger partial charge in [0.2, 0.25) is 5.91 Å². The Hall–Kier alpha value is -3.19. The van der Waals surface area contributed by atoms with Crippen LogP contribution in [0.2, 0.25) is 0 Å². The Kier molecular flexibility index (Phi) is 7.17. The largest absolute Gasteiger partial charge is 0.497 e. The number of thiophene rings is 1. The highest BCUT2D eigenvalue weighted by molar-refractivity contribution is 7.99. The van der Waals surface area contributed by atoms with Gasteiger partial charge in [0.1, 0.15) is 16.8 Å². The predicted molar refractivity (Wildman–Crippen MR) is 130 cm³/mol. The number of hydrogen-bond donors (Lipinski definition) is 1. The molecular formula is C23H18N4O2S3. The van der Waals surface area contributed by atoms with Gasteiger partial charge < -0.3 is 10.1 Å². The molecule has 3 aromatic heterocycles. The maximum atomic E-state index is 12.3. The van der Waals surface area contributed by atoms with Gasteiger partial charge in [-0.2, -0.15) is 5.26 Å². The second kappa shape index (κ2) is 10.4. The number of anilines is 1. The van der Waals surface area contributed by atoms with Crippen molar-refractivity contribution < 1.29 is 9.53 Å². The number of nitriles is 1. The minimum atomic E-state index is -0.116. The summed E-state index contributed by atoms with van der Waals surface area (Å²) in [5.41, 5.74) is 3.06. The van der Waals surface area contributed by atoms with E-state index in [-0.39, 0.29) is 12.3 Å². The first-order valence-electron chi connectivity index (χ1n) is 9.64. The summed E-state index contributed by atoms with van der Waals surface area (Å²) in [7, 11) is 1.62. The average molecular weight is 479 g/mol. The third kappa shape index (κ3) is 5.34. The van der Waals surface area contributed by atoms with Crippen LogP contribution in [0.5, 0.6) is 5.75 Å². The van der Waals surface area contributed by atoms with Crippen molar-refractivity contribution in [3.8, 4) is 33.6 Å². The summed E-state index contributed by atoms with van der Waals surface area (Å²) in [6.45, 7) is 0. The molecule has 160 valence electrons. The molecule has 9 heteroatoms. The molecule has 0 aliphatic rings. The van der Waals surface area contributed by atoms with E-state index in [0.29, 0.717) is 21.5 Å². The Morgan fingerprint density at radius 1 is 1.12 bits per heavy atom. The van der Waals surface area contributed by atoms with Crippen LogP contribution in [0.15, 0.2) is 64.3 Å². The molecule has 4 rings (SSSR count). The maximum absolute atomic E-state index is 12.3. The number of thioether (sulfide) groups is 1. The molecule has 0 spiro atoms. The van der Waals surface area contributed by atoms with Gasteiger partial charge in [0.15, 0.2) is 5.13 Å². The molecule has 3 heterocycles. The van der Waals surface area contributed by atoms with Gasteiger partial charge >= 0.3 is 0 Å². The SMILES string of the molecule is COc1ccc(-c2ccc(C#N)c(SCCC(=O)Nc3nc(-c4cccs4)cs3)n2)cc1. The summed E-state index contributed by atoms with van der Waals surface area (Å²) >= 11 is 4.42. The molecule has 0 aliphatic carbocycles. The molecular weight excluding hydrogens is 460 g/mol. The molecule has 0 bridgehead atoms. The molecule has 0 radical (unpaired) electrons. The van der Waals surface area contributed by atoms with Crippen molar-refractivity contribution in [3.63, 3.8) is 0 Å². The van der Waals surface area contributed by atoms with E-state index in [1.54, 1.807) is 24.5 Å². The highest BCUT2D eigenvalue weighted by atomic mass is 32.2. The van der Waals surface area contributed by atoms with Crippen LogP contribution in [-0.4, -0.2) is 28.7 Å². The minimum Gasteiger partial charge on any atom is -0.497 e. The van der Waals surface area contributed by atoms with Crippen molar-refractivity contribution in [2.24, 2.45) is 0 Å². The quantitative estimate of drug-likeness (QED) is 0.316. The predicted octanol–water partition coefficient (Wildman–Crippen LogP) is 5.93. The average Bonchev–Trinajstić information content (AvgIpc) is 3.51. The lowest BCUT2D eigenvalue weighted by Crippen LogP contribution is -2.12. The van der Waals surface area contributed by atoms with Crippen LogP contribution in [0.4, 0.5) is 5.13 Å². The molecule has 0 unspecified atom stereocenters. The first-order chi connectivity index (χ1) is 15.7. The lowest BCUT2D eigenvalue weighted by atomic mass is 10.1. The van der Waals surface area contributed by atoms with Crippen molar-refractivity contribution in [1.29, 1.82) is 5.26 Å². The molecule has 0 saturated heterocycles. The van der Waals surface area contributed by atoms with Crippen LogP contribution in [0.3, 0.4) is 0 Å². The molecule has 0 atom stereocenters. The fourth-order valence-corrected chi connectivity index (χ4v) is 5.25. The highest BCUT2D eigenvalue weighted by Crippen LogP contribution is 2.29. The van der Waals surface area contributed by atoms with Crippen molar-refractivity contribution in [3.05, 3.63) is 64.9 Å². The van der Waals surface area contributed by atoms with Gasteiger partial charge in [0.05, 0.1) is 28.9 Å². The Morgan fingerprint density at radius 2 is 1.97 bits per heavy atom. The van der Waals surface area contributed by atoms with Crippen molar-refractivity contribution >= 4 is 45.5 Å². The van der Waals surface area contributed by atoms with E-state index < -0.39 is 0 Å². The zero-order valence-electron chi connectivity index (χ0n) is 17.1. The van der Waals surface area contributed by atoms with E-state index in [1.807, 2.05) is 53.2 Å². The summed E-state index contributed by atoms with van der Waals surface area (Å²) in [5.74, 6) is 1.16. The second-order valence-electron chi connectivity index (χ2n) is 6.55. The summed E-state index contributed by atoms with van der Waals surface area (Å²) in [6.07, 6.45) is 0.290. The van der Waals surface area contributed by atoms with Gasteiger partial charge in [-0.25, -0.2) is 9.97 Å². The van der Waals surface area contributed by atoms with Crippen molar-refractivity contribution in [2.75, 3.05) is 18.2 Å². The molecule has 1 amide bonds. The Morgan fingerprint density at radius 3 is 2.69 bits per heavy atom. The number of thiazole rings is 1. The zero-order valence-corrected chi connectivity index (χ0v) is 19.5. The van der Waals surface area contributed by atoms with Crippen LogP contribution in [0.25, 0.3) is 21.8 Å². The molecule has 1 aromatic carbocycles. The highest BCUT2D eigenvalue weighted by Gasteiger charge is 2.12. The van der Waals surface area contributed by atoms with Crippen LogP contribution in [0, 0.1) is 11.3 Å². The van der Waals surface area contributed by atoms with Gasteiger partial charge in [-0.05, 0) is 47.8 Å². The number of benzene rings is 1. The molecule has 0 fully saturated rings. The maximum Gasteiger partial charge on any atom is 0.226 e. The van der Waals surface area contributed by atoms with E-state index in [1.165, 1.54) is 23.1 Å². The lowest BCUT2D eigenvalue weighted by Gasteiger charge is -2.07. The van der Waals surface area contributed by atoms with E-state index in [9.17, 15) is 10.1 Å². The number of aromatic nitrogens is 2. The fourth-order valence-electron chi connectivity index (χ4n) is 2.85. The molecule has 32 heavy (non-hydrogen) atoms. The number of nitrogens with one attached hydrogen (secondary N) is 1. The van der Waals surface area contributed by atoms with Gasteiger partial charge in [-0.15, -0.1) is 34.4 Å². The zero-order chi connectivity index (χ0) is 22.3. The number of methoxy groups -OCH3 is 1. The van der Waals surface area contributed by atoms with Crippen LogP contribution in [0.1, 0.15) is 12.0 Å². The van der Waals surface area contributed by atoms with Crippen LogP contribution in [-0.2, 0) is 4.79 Å². The number of nitrogens with zero attached hydrogens (tertiary/aromatic N) is 3. The number of carbonyl (C=O) groups is 1. The number of hydrogen-bond acceptors (Lipinski definition) is 8. The third-order valence-corrected chi connectivity index (χ3v) is 7.10. The normalized spacial score (nSPS) is 10.5. The monoisotopic (exact) mass is 478 g/mol. The molecule has 6 nitrogen and oxygen atoms in total. The fraction of sp³-hybridized carbons (Fsp3) is 0.130. The second-order valence-corrected chi connectivity index (χ2v) is 9.44. The van der Waals surface area contributed by atoms with Gasteiger partial charge in [-0.3, -0.25) is 4.79 Å². The smallest absolute Gasteiger partial charge is 0.226 e. The topological polar surface area (TPSA) is 87.9 Å². The summed E-state index contributed by atoms with van der Waals surface area (Å²) in [5, 5.41) is 17.4. The minimum absolute atomic E-state index is 0.116. The first-order valence-corrected chi connectivity index (χ1v) is 12.4. The number of rotatable bonds is 8. The van der Waals surface area contributed by atoms with Gasteiger partial charge in [0.25, 0.3) is 0 Å². The molecule has 0 saturated carbocycles. The number of carbonyl (C=O) groups excluding carboxylic acids is 1. The summed E-state index contributed by atoms with van der Waals surface area (Å²) in [4.78, 5) is 22.5. The van der Waals surface area contributed by atoms with E-state index in [2.05, 4.69) is 21.4 Å². The standard InChI is InChI=1S/C23H18N4O2S3/c1-29-17-7-4-15(5-8-17)18-9-6-16(13-24)22(25-18)31-12-10-21(28)27-23-26-19(14-32-23)20-3-2-11-30-20/h2-9,11,14H,10,12H2,1H3,(H,26,27,28). The van der Waals surface area contributed by atoms with Crippen molar-refractivity contribution in [1.82, 2.24) is 9.97 Å². The molecule has 4 aromatic rings. The van der Waals surface area contributed by atoms with Crippen LogP contribution >= 0.6 is 34.4 Å². The number of amides is 1. The lowest BCUT2D eigenvalue weighted by molar-refractivity contribution is -0.115. The van der Waals surface area contributed by atoms with Gasteiger partial charge in [-0.1, -0.05) is 6.07 Å². The first kappa shape index (κ1) is 22.0. The van der Waals surface area contributed by atoms with E-state index >= 15 is 0 Å². The van der Waals surface area contributed by atoms with E-state index in [0.717, 1.165) is 27.6 Å².